The molecule has 0 unspecified atom stereocenters. The van der Waals surface area contributed by atoms with E-state index in [1.807, 2.05) is 0 Å². The van der Waals surface area contributed by atoms with Crippen LogP contribution < -0.4 is 10.2 Å². The van der Waals surface area contributed by atoms with E-state index < -0.39 is 11.7 Å². The van der Waals surface area contributed by atoms with E-state index in [0.29, 0.717) is 11.2 Å². The molecular formula is C14H18F3N3. The number of piperidine rings is 1. The number of hydrogen-bond acceptors (Lipinski definition) is 3. The maximum atomic E-state index is 12.5. The molecule has 0 atom stereocenters. The van der Waals surface area contributed by atoms with Crippen molar-refractivity contribution < 1.29 is 13.2 Å². The predicted molar refractivity (Wildman–Crippen MR) is 70.6 cm³/mol. The molecule has 3 rings (SSSR count). The van der Waals surface area contributed by atoms with Gasteiger partial charge in [-0.3, -0.25) is 0 Å². The monoisotopic (exact) mass is 285 g/mol. The van der Waals surface area contributed by atoms with E-state index in [0.717, 1.165) is 51.3 Å². The summed E-state index contributed by atoms with van der Waals surface area (Å²) in [4.78, 5) is 6.06. The summed E-state index contributed by atoms with van der Waals surface area (Å²) in [6.07, 6.45) is -0.00345. The first-order valence-electron chi connectivity index (χ1n) is 6.98. The summed E-state index contributed by atoms with van der Waals surface area (Å²) in [7, 11) is 0. The van der Waals surface area contributed by atoms with Gasteiger partial charge in [0, 0.05) is 25.8 Å². The molecule has 1 aromatic rings. The molecule has 2 saturated heterocycles. The zero-order valence-electron chi connectivity index (χ0n) is 11.2. The molecule has 3 nitrogen and oxygen atoms in total. The zero-order chi connectivity index (χ0) is 14.2. The molecule has 0 amide bonds. The fourth-order valence-electron chi connectivity index (χ4n) is 3.17. The molecule has 2 aliphatic rings. The van der Waals surface area contributed by atoms with Crippen LogP contribution in [0.2, 0.25) is 0 Å². The first kappa shape index (κ1) is 13.7. The Morgan fingerprint density at radius 2 is 1.90 bits per heavy atom. The molecule has 0 radical (unpaired) electrons. The molecule has 1 aromatic heterocycles. The van der Waals surface area contributed by atoms with Crippen LogP contribution in [0.1, 0.15) is 24.8 Å². The average Bonchev–Trinajstić information content (AvgIpc) is 2.87. The van der Waals surface area contributed by atoms with Crippen LogP contribution in [0.4, 0.5) is 19.0 Å². The van der Waals surface area contributed by atoms with Crippen molar-refractivity contribution in [1.82, 2.24) is 10.3 Å². The van der Waals surface area contributed by atoms with Gasteiger partial charge in [0.1, 0.15) is 5.82 Å². The van der Waals surface area contributed by atoms with E-state index in [2.05, 4.69) is 15.2 Å². The normalized spacial score (nSPS) is 22.4. The Bertz CT molecular complexity index is 454. The lowest BCUT2D eigenvalue weighted by atomic mass is 9.78. The number of halogens is 3. The van der Waals surface area contributed by atoms with E-state index in [1.54, 1.807) is 0 Å². The van der Waals surface area contributed by atoms with Gasteiger partial charge in [-0.05, 0) is 43.4 Å². The Labute approximate surface area is 116 Å². The Hall–Kier alpha value is -1.30. The summed E-state index contributed by atoms with van der Waals surface area (Å²) in [5, 5.41) is 3.40. The largest absolute Gasteiger partial charge is 0.417 e. The van der Waals surface area contributed by atoms with Crippen LogP contribution in [0, 0.1) is 5.41 Å². The van der Waals surface area contributed by atoms with Crippen molar-refractivity contribution in [3.05, 3.63) is 23.9 Å². The number of nitrogens with zero attached hydrogens (tertiary/aromatic N) is 2. The van der Waals surface area contributed by atoms with Gasteiger partial charge in [-0.1, -0.05) is 0 Å². The Balaban J connectivity index is 1.66. The fourth-order valence-corrected chi connectivity index (χ4v) is 3.17. The van der Waals surface area contributed by atoms with Crippen LogP contribution in [0.25, 0.3) is 0 Å². The number of hydrogen-bond donors (Lipinski definition) is 1. The molecule has 2 aliphatic heterocycles. The minimum absolute atomic E-state index is 0.405. The maximum Gasteiger partial charge on any atom is 0.417 e. The molecule has 0 aromatic carbocycles. The average molecular weight is 285 g/mol. The van der Waals surface area contributed by atoms with Gasteiger partial charge in [0.05, 0.1) is 5.56 Å². The second-order valence-electron chi connectivity index (χ2n) is 5.82. The number of pyridine rings is 1. The summed E-state index contributed by atoms with van der Waals surface area (Å²) in [6, 6.07) is 2.59. The SMILES string of the molecule is FC(F)(F)c1ccc(N2CCC3(CCNC3)CC2)nc1. The predicted octanol–water partition coefficient (Wildman–Crippen LogP) is 2.68. The highest BCUT2D eigenvalue weighted by Crippen LogP contribution is 2.38. The topological polar surface area (TPSA) is 28.2 Å². The van der Waals surface area contributed by atoms with Crippen LogP contribution in [0.5, 0.6) is 0 Å². The third-order valence-electron chi connectivity index (χ3n) is 4.56. The lowest BCUT2D eigenvalue weighted by molar-refractivity contribution is -0.137. The molecule has 3 heterocycles. The van der Waals surface area contributed by atoms with E-state index in [-0.39, 0.29) is 0 Å². The molecule has 0 aliphatic carbocycles. The van der Waals surface area contributed by atoms with Gasteiger partial charge in [0.2, 0.25) is 0 Å². The third-order valence-corrected chi connectivity index (χ3v) is 4.56. The number of anilines is 1. The van der Waals surface area contributed by atoms with Crippen LogP contribution >= 0.6 is 0 Å². The first-order chi connectivity index (χ1) is 9.49. The second-order valence-corrected chi connectivity index (χ2v) is 5.82. The molecule has 0 bridgehead atoms. The number of rotatable bonds is 1. The van der Waals surface area contributed by atoms with E-state index in [1.165, 1.54) is 12.5 Å². The van der Waals surface area contributed by atoms with Crippen molar-refractivity contribution in [1.29, 1.82) is 0 Å². The molecular weight excluding hydrogens is 267 g/mol. The van der Waals surface area contributed by atoms with Crippen molar-refractivity contribution in [3.63, 3.8) is 0 Å². The highest BCUT2D eigenvalue weighted by molar-refractivity contribution is 5.40. The molecule has 1 N–H and O–H groups in total. The quantitative estimate of drug-likeness (QED) is 0.860. The van der Waals surface area contributed by atoms with Gasteiger partial charge in [0.25, 0.3) is 0 Å². The maximum absolute atomic E-state index is 12.5. The van der Waals surface area contributed by atoms with Gasteiger partial charge < -0.3 is 10.2 Å². The fraction of sp³-hybridized carbons (Fsp3) is 0.643. The van der Waals surface area contributed by atoms with E-state index in [4.69, 9.17) is 0 Å². The molecule has 20 heavy (non-hydrogen) atoms. The Morgan fingerprint density at radius 3 is 2.40 bits per heavy atom. The zero-order valence-corrected chi connectivity index (χ0v) is 11.2. The highest BCUT2D eigenvalue weighted by Gasteiger charge is 2.37. The molecule has 0 saturated carbocycles. The van der Waals surface area contributed by atoms with Crippen LogP contribution in [0.15, 0.2) is 18.3 Å². The van der Waals surface area contributed by atoms with Gasteiger partial charge in [-0.15, -0.1) is 0 Å². The van der Waals surface area contributed by atoms with Crippen LogP contribution in [0.3, 0.4) is 0 Å². The van der Waals surface area contributed by atoms with Gasteiger partial charge in [0.15, 0.2) is 0 Å². The van der Waals surface area contributed by atoms with Gasteiger partial charge in [-0.2, -0.15) is 13.2 Å². The third kappa shape index (κ3) is 2.61. The van der Waals surface area contributed by atoms with Gasteiger partial charge >= 0.3 is 6.18 Å². The van der Waals surface area contributed by atoms with Crippen molar-refractivity contribution in [2.24, 2.45) is 5.41 Å². The lowest BCUT2D eigenvalue weighted by Crippen LogP contribution is -2.41. The molecule has 110 valence electrons. The molecule has 2 fully saturated rings. The van der Waals surface area contributed by atoms with Gasteiger partial charge in [-0.25, -0.2) is 4.98 Å². The number of alkyl halides is 3. The van der Waals surface area contributed by atoms with Crippen molar-refractivity contribution in [2.45, 2.75) is 25.4 Å². The van der Waals surface area contributed by atoms with Crippen LogP contribution in [-0.4, -0.2) is 31.2 Å². The Morgan fingerprint density at radius 1 is 1.15 bits per heavy atom. The first-order valence-corrected chi connectivity index (χ1v) is 6.98. The van der Waals surface area contributed by atoms with Crippen molar-refractivity contribution in [2.75, 3.05) is 31.1 Å². The minimum atomic E-state index is -4.31. The summed E-state index contributed by atoms with van der Waals surface area (Å²) >= 11 is 0. The second kappa shape index (κ2) is 4.91. The minimum Gasteiger partial charge on any atom is -0.357 e. The van der Waals surface area contributed by atoms with Crippen LogP contribution in [-0.2, 0) is 6.18 Å². The summed E-state index contributed by atoms with van der Waals surface area (Å²) < 4.78 is 37.5. The molecule has 1 spiro atoms. The van der Waals surface area contributed by atoms with Crippen molar-refractivity contribution >= 4 is 5.82 Å². The number of nitrogens with one attached hydrogen (secondary N) is 1. The Kier molecular flexibility index (Phi) is 3.36. The standard InChI is InChI=1S/C14H18F3N3/c15-14(16,17)11-1-2-12(19-9-11)20-7-4-13(5-8-20)3-6-18-10-13/h1-2,9,18H,3-8,10H2. The van der Waals surface area contributed by atoms with E-state index >= 15 is 0 Å². The molecule has 6 heteroatoms. The highest BCUT2D eigenvalue weighted by atomic mass is 19.4. The van der Waals surface area contributed by atoms with E-state index in [9.17, 15) is 13.2 Å². The smallest absolute Gasteiger partial charge is 0.357 e. The summed E-state index contributed by atoms with van der Waals surface area (Å²) in [5.74, 6) is 0.652. The summed E-state index contributed by atoms with van der Waals surface area (Å²) in [5.41, 5.74) is -0.280. The number of aromatic nitrogens is 1. The summed E-state index contributed by atoms with van der Waals surface area (Å²) in [6.45, 7) is 3.90. The van der Waals surface area contributed by atoms with Crippen molar-refractivity contribution in [3.8, 4) is 0 Å². The lowest BCUT2D eigenvalue weighted by Gasteiger charge is -2.39.